The van der Waals surface area contributed by atoms with E-state index in [0.717, 1.165) is 18.4 Å². The molecule has 144 valence electrons. The number of nitrogens with one attached hydrogen (secondary N) is 2. The van der Waals surface area contributed by atoms with Gasteiger partial charge in [0.15, 0.2) is 5.96 Å². The number of sulfone groups is 1. The normalized spacial score (nSPS) is 17.9. The number of rotatable bonds is 9. The first-order valence-electron chi connectivity index (χ1n) is 9.13. The Hall–Kier alpha value is -0.0500. The van der Waals surface area contributed by atoms with Gasteiger partial charge < -0.3 is 10.6 Å². The molecular weight excluding hydrogens is 437 g/mol. The Balaban J connectivity index is 0.00000529. The quantitative estimate of drug-likeness (QED) is 0.233. The van der Waals surface area contributed by atoms with Crippen molar-refractivity contribution in [1.29, 1.82) is 0 Å². The molecular formula is C17H36IN3O2S. The van der Waals surface area contributed by atoms with Crippen LogP contribution in [0.3, 0.4) is 0 Å². The summed E-state index contributed by atoms with van der Waals surface area (Å²) in [6.45, 7) is 5.59. The molecule has 1 aliphatic carbocycles. The molecule has 1 aliphatic rings. The smallest absolute Gasteiger partial charge is 0.191 e. The zero-order chi connectivity index (χ0) is 17.1. The molecule has 0 aromatic heterocycles. The lowest BCUT2D eigenvalue weighted by Gasteiger charge is -2.24. The van der Waals surface area contributed by atoms with Crippen LogP contribution in [-0.4, -0.2) is 45.5 Å². The summed E-state index contributed by atoms with van der Waals surface area (Å²) < 4.78 is 22.3. The van der Waals surface area contributed by atoms with Gasteiger partial charge in [-0.15, -0.1) is 24.0 Å². The third kappa shape index (κ3) is 12.3. The molecule has 0 radical (unpaired) electrons. The molecule has 1 fully saturated rings. The third-order valence-electron chi connectivity index (χ3n) is 4.40. The molecule has 0 aromatic rings. The zero-order valence-corrected chi connectivity index (χ0v) is 18.7. The summed E-state index contributed by atoms with van der Waals surface area (Å²) in [5.41, 5.74) is 0. The highest BCUT2D eigenvalue weighted by Gasteiger charge is 2.15. The molecule has 1 atom stereocenters. The maximum absolute atomic E-state index is 11.1. The van der Waals surface area contributed by atoms with Crippen LogP contribution in [0, 0.1) is 5.92 Å². The van der Waals surface area contributed by atoms with Gasteiger partial charge in [-0.2, -0.15) is 0 Å². The van der Waals surface area contributed by atoms with E-state index in [1.807, 2.05) is 6.92 Å². The summed E-state index contributed by atoms with van der Waals surface area (Å²) in [5.74, 6) is 1.91. The van der Waals surface area contributed by atoms with Crippen LogP contribution in [0.2, 0.25) is 0 Å². The molecule has 2 N–H and O–H groups in total. The molecule has 0 heterocycles. The molecule has 0 aliphatic heterocycles. The summed E-state index contributed by atoms with van der Waals surface area (Å²) in [4.78, 5) is 4.48. The Morgan fingerprint density at radius 1 is 1.25 bits per heavy atom. The number of halogens is 1. The van der Waals surface area contributed by atoms with Gasteiger partial charge in [0.1, 0.15) is 9.84 Å². The van der Waals surface area contributed by atoms with Gasteiger partial charge in [0, 0.05) is 25.4 Å². The summed E-state index contributed by atoms with van der Waals surface area (Å²) in [7, 11) is -2.89. The monoisotopic (exact) mass is 473 g/mol. The topological polar surface area (TPSA) is 70.6 Å². The van der Waals surface area contributed by atoms with Gasteiger partial charge in [0.2, 0.25) is 0 Å². The average Bonchev–Trinajstić information content (AvgIpc) is 2.50. The van der Waals surface area contributed by atoms with E-state index in [9.17, 15) is 8.42 Å². The summed E-state index contributed by atoms with van der Waals surface area (Å²) >= 11 is 0. The molecule has 7 heteroatoms. The van der Waals surface area contributed by atoms with Gasteiger partial charge in [-0.1, -0.05) is 32.1 Å². The van der Waals surface area contributed by atoms with Crippen molar-refractivity contribution in [2.75, 3.05) is 25.1 Å². The SMILES string of the molecule is CCNC(=NCCCS(C)(=O)=O)NC(C)CCC1CCCCC1.I. The van der Waals surface area contributed by atoms with Crippen LogP contribution in [0.5, 0.6) is 0 Å². The molecule has 0 saturated heterocycles. The Morgan fingerprint density at radius 3 is 2.50 bits per heavy atom. The second-order valence-corrected chi connectivity index (χ2v) is 9.13. The van der Waals surface area contributed by atoms with E-state index in [1.54, 1.807) is 0 Å². The van der Waals surface area contributed by atoms with E-state index in [0.29, 0.717) is 19.0 Å². The molecule has 24 heavy (non-hydrogen) atoms. The number of guanidine groups is 1. The number of hydrogen-bond acceptors (Lipinski definition) is 3. The Bertz CT molecular complexity index is 449. The highest BCUT2D eigenvalue weighted by atomic mass is 127. The fraction of sp³-hybridized carbons (Fsp3) is 0.941. The number of hydrogen-bond donors (Lipinski definition) is 2. The van der Waals surface area contributed by atoms with Crippen LogP contribution in [0.15, 0.2) is 4.99 Å². The van der Waals surface area contributed by atoms with Crippen molar-refractivity contribution in [3.63, 3.8) is 0 Å². The van der Waals surface area contributed by atoms with Gasteiger partial charge in [-0.25, -0.2) is 8.42 Å². The third-order valence-corrected chi connectivity index (χ3v) is 5.43. The van der Waals surface area contributed by atoms with Gasteiger partial charge in [-0.05, 0) is 39.0 Å². The lowest BCUT2D eigenvalue weighted by Crippen LogP contribution is -2.42. The van der Waals surface area contributed by atoms with E-state index in [2.05, 4.69) is 22.5 Å². The van der Waals surface area contributed by atoms with E-state index in [1.165, 1.54) is 51.2 Å². The zero-order valence-electron chi connectivity index (χ0n) is 15.5. The van der Waals surface area contributed by atoms with E-state index >= 15 is 0 Å². The number of aliphatic imine (C=N–C) groups is 1. The molecule has 5 nitrogen and oxygen atoms in total. The highest BCUT2D eigenvalue weighted by Crippen LogP contribution is 2.27. The Morgan fingerprint density at radius 2 is 1.92 bits per heavy atom. The van der Waals surface area contributed by atoms with Crippen molar-refractivity contribution >= 4 is 39.8 Å². The minimum atomic E-state index is -2.89. The van der Waals surface area contributed by atoms with Gasteiger partial charge in [-0.3, -0.25) is 4.99 Å². The predicted octanol–water partition coefficient (Wildman–Crippen LogP) is 3.34. The predicted molar refractivity (Wildman–Crippen MR) is 114 cm³/mol. The fourth-order valence-corrected chi connectivity index (χ4v) is 3.76. The van der Waals surface area contributed by atoms with Crippen LogP contribution in [-0.2, 0) is 9.84 Å². The van der Waals surface area contributed by atoms with Crippen molar-refractivity contribution in [2.45, 2.75) is 71.3 Å². The standard InChI is InChI=1S/C17H35N3O2S.HI/c1-4-18-17(19-13-8-14-23(3,21)22)20-15(2)11-12-16-9-6-5-7-10-16;/h15-16H,4-14H2,1-3H3,(H2,18,19,20);1H. The lowest BCUT2D eigenvalue weighted by molar-refractivity contribution is 0.322. The van der Waals surface area contributed by atoms with Crippen molar-refractivity contribution in [1.82, 2.24) is 10.6 Å². The first kappa shape index (κ1) is 23.9. The van der Waals surface area contributed by atoms with E-state index < -0.39 is 9.84 Å². The van der Waals surface area contributed by atoms with Crippen molar-refractivity contribution in [3.8, 4) is 0 Å². The maximum atomic E-state index is 11.1. The van der Waals surface area contributed by atoms with E-state index in [-0.39, 0.29) is 29.7 Å². The van der Waals surface area contributed by atoms with Crippen molar-refractivity contribution in [2.24, 2.45) is 10.9 Å². The lowest BCUT2D eigenvalue weighted by atomic mass is 9.85. The Labute approximate surface area is 165 Å². The molecule has 1 saturated carbocycles. The molecule has 1 rings (SSSR count). The van der Waals surface area contributed by atoms with Crippen LogP contribution < -0.4 is 10.6 Å². The van der Waals surface area contributed by atoms with E-state index in [4.69, 9.17) is 0 Å². The van der Waals surface area contributed by atoms with Crippen LogP contribution in [0.4, 0.5) is 0 Å². The minimum Gasteiger partial charge on any atom is -0.357 e. The molecule has 0 amide bonds. The maximum Gasteiger partial charge on any atom is 0.191 e. The summed E-state index contributed by atoms with van der Waals surface area (Å²) in [5, 5.41) is 6.68. The molecule has 0 aromatic carbocycles. The number of nitrogens with zero attached hydrogens (tertiary/aromatic N) is 1. The summed E-state index contributed by atoms with van der Waals surface area (Å²) in [6, 6.07) is 0.393. The fourth-order valence-electron chi connectivity index (χ4n) is 3.10. The van der Waals surface area contributed by atoms with Gasteiger partial charge in [0.25, 0.3) is 0 Å². The second-order valence-electron chi connectivity index (χ2n) is 6.87. The van der Waals surface area contributed by atoms with Crippen LogP contribution in [0.1, 0.15) is 65.2 Å². The first-order valence-corrected chi connectivity index (χ1v) is 11.2. The van der Waals surface area contributed by atoms with Crippen LogP contribution >= 0.6 is 24.0 Å². The average molecular weight is 473 g/mol. The van der Waals surface area contributed by atoms with Gasteiger partial charge >= 0.3 is 0 Å². The molecule has 1 unspecified atom stereocenters. The van der Waals surface area contributed by atoms with Crippen LogP contribution in [0.25, 0.3) is 0 Å². The van der Waals surface area contributed by atoms with Crippen molar-refractivity contribution in [3.05, 3.63) is 0 Å². The molecule has 0 spiro atoms. The first-order chi connectivity index (χ1) is 10.9. The second kappa shape index (κ2) is 13.2. The van der Waals surface area contributed by atoms with Crippen molar-refractivity contribution < 1.29 is 8.42 Å². The minimum absolute atomic E-state index is 0. The Kier molecular flexibility index (Phi) is 13.2. The summed E-state index contributed by atoms with van der Waals surface area (Å²) in [6.07, 6.45) is 11.3. The highest BCUT2D eigenvalue weighted by molar-refractivity contribution is 14.0. The largest absolute Gasteiger partial charge is 0.357 e. The van der Waals surface area contributed by atoms with Gasteiger partial charge in [0.05, 0.1) is 5.75 Å². The molecule has 0 bridgehead atoms.